The van der Waals surface area contributed by atoms with Gasteiger partial charge in [0.1, 0.15) is 11.9 Å². The molecule has 1 atom stereocenters. The lowest BCUT2D eigenvalue weighted by atomic mass is 10.2. The van der Waals surface area contributed by atoms with Crippen LogP contribution in [-0.4, -0.2) is 54.6 Å². The van der Waals surface area contributed by atoms with Crippen molar-refractivity contribution in [3.63, 3.8) is 0 Å². The topological polar surface area (TPSA) is 79.7 Å². The monoisotopic (exact) mass is 358 g/mol. The number of hydrogen-bond acceptors (Lipinski definition) is 7. The molecule has 7 heteroatoms. The van der Waals surface area contributed by atoms with Gasteiger partial charge in [0.2, 0.25) is 11.8 Å². The number of aromatic nitrogens is 2. The molecule has 1 aliphatic rings. The van der Waals surface area contributed by atoms with Crippen LogP contribution in [0.5, 0.6) is 5.88 Å². The number of rotatable bonds is 8. The Bertz CT molecular complexity index is 705. The lowest BCUT2D eigenvalue weighted by Gasteiger charge is -2.24. The molecule has 1 aromatic heterocycles. The second kappa shape index (κ2) is 8.82. The highest BCUT2D eigenvalue weighted by Crippen LogP contribution is 2.33. The van der Waals surface area contributed by atoms with Crippen LogP contribution in [0.3, 0.4) is 0 Å². The normalized spacial score (nSPS) is 16.5. The lowest BCUT2D eigenvalue weighted by Crippen LogP contribution is -2.21. The average molecular weight is 358 g/mol. The molecule has 0 amide bonds. The van der Waals surface area contributed by atoms with Crippen LogP contribution in [0.2, 0.25) is 0 Å². The summed E-state index contributed by atoms with van der Waals surface area (Å²) < 4.78 is 11.6. The fraction of sp³-hybridized carbons (Fsp3) is 0.474. The fourth-order valence-corrected chi connectivity index (χ4v) is 2.92. The van der Waals surface area contributed by atoms with E-state index < -0.39 is 0 Å². The van der Waals surface area contributed by atoms with Gasteiger partial charge in [0.25, 0.3) is 0 Å². The van der Waals surface area contributed by atoms with E-state index >= 15 is 0 Å². The van der Waals surface area contributed by atoms with Gasteiger partial charge in [-0.05, 0) is 18.6 Å². The summed E-state index contributed by atoms with van der Waals surface area (Å²) in [7, 11) is 1.98. The smallest absolute Gasteiger partial charge is 0.228 e. The Labute approximate surface area is 154 Å². The molecule has 3 rings (SSSR count). The first kappa shape index (κ1) is 18.4. The van der Waals surface area contributed by atoms with Gasteiger partial charge < -0.3 is 24.8 Å². The van der Waals surface area contributed by atoms with Gasteiger partial charge in [0, 0.05) is 25.7 Å². The van der Waals surface area contributed by atoms with Gasteiger partial charge in [-0.25, -0.2) is 0 Å². The predicted octanol–water partition coefficient (Wildman–Crippen LogP) is 2.38. The molecule has 0 radical (unpaired) electrons. The van der Waals surface area contributed by atoms with Gasteiger partial charge in [-0.15, -0.1) is 0 Å². The van der Waals surface area contributed by atoms with Crippen molar-refractivity contribution >= 4 is 17.5 Å². The van der Waals surface area contributed by atoms with Gasteiger partial charge in [-0.1, -0.05) is 25.1 Å². The lowest BCUT2D eigenvalue weighted by molar-refractivity contribution is 0.137. The summed E-state index contributed by atoms with van der Waals surface area (Å²) in [4.78, 5) is 11.2. The van der Waals surface area contributed by atoms with Crippen LogP contribution < -0.4 is 15.0 Å². The second-order valence-corrected chi connectivity index (χ2v) is 6.16. The minimum atomic E-state index is 0.00933. The molecular weight excluding hydrogens is 332 g/mol. The van der Waals surface area contributed by atoms with Crippen LogP contribution in [0.4, 0.5) is 17.5 Å². The first-order valence-electron chi connectivity index (χ1n) is 9.01. The number of nitrogens with zero attached hydrogens (tertiary/aromatic N) is 3. The van der Waals surface area contributed by atoms with Crippen molar-refractivity contribution in [2.45, 2.75) is 25.9 Å². The third kappa shape index (κ3) is 4.23. The van der Waals surface area contributed by atoms with Gasteiger partial charge in [-0.2, -0.15) is 9.97 Å². The molecule has 0 spiro atoms. The number of anilines is 3. The molecule has 7 nitrogen and oxygen atoms in total. The number of hydrogen-bond donors (Lipinski definition) is 2. The molecule has 0 saturated carbocycles. The highest BCUT2D eigenvalue weighted by atomic mass is 16.5. The predicted molar refractivity (Wildman–Crippen MR) is 101 cm³/mol. The van der Waals surface area contributed by atoms with Crippen LogP contribution in [0.25, 0.3) is 0 Å². The maximum Gasteiger partial charge on any atom is 0.228 e. The molecule has 2 aromatic rings. The Morgan fingerprint density at radius 3 is 2.77 bits per heavy atom. The third-order valence-electron chi connectivity index (χ3n) is 4.32. The summed E-state index contributed by atoms with van der Waals surface area (Å²) in [6.45, 7) is 3.75. The number of para-hydroxylation sites is 1. The van der Waals surface area contributed by atoms with Crippen molar-refractivity contribution in [3.8, 4) is 5.88 Å². The molecule has 140 valence electrons. The van der Waals surface area contributed by atoms with E-state index in [1.165, 1.54) is 0 Å². The molecule has 1 saturated heterocycles. The highest BCUT2D eigenvalue weighted by molar-refractivity contribution is 5.65. The van der Waals surface area contributed by atoms with E-state index in [0.29, 0.717) is 31.6 Å². The average Bonchev–Trinajstić information content (AvgIpc) is 3.19. The molecule has 1 unspecified atom stereocenters. The number of ether oxygens (including phenoxy) is 2. The van der Waals surface area contributed by atoms with Crippen molar-refractivity contribution in [1.82, 2.24) is 9.97 Å². The van der Waals surface area contributed by atoms with Crippen molar-refractivity contribution < 1.29 is 14.6 Å². The molecule has 2 heterocycles. The largest absolute Gasteiger partial charge is 0.471 e. The Balaban J connectivity index is 1.99. The number of nitrogens with one attached hydrogen (secondary N) is 1. The SMILES string of the molecule is CCc1c(OC2CCOC2)nc(NCCO)nc1N(C)c1ccccc1. The first-order chi connectivity index (χ1) is 12.7. The minimum absolute atomic E-state index is 0.00933. The number of aliphatic hydroxyl groups is 1. The summed E-state index contributed by atoms with van der Waals surface area (Å²) in [6, 6.07) is 10.1. The van der Waals surface area contributed by atoms with Crippen molar-refractivity contribution in [3.05, 3.63) is 35.9 Å². The van der Waals surface area contributed by atoms with Crippen molar-refractivity contribution in [2.75, 3.05) is 43.6 Å². The summed E-state index contributed by atoms with van der Waals surface area (Å²) in [6.07, 6.45) is 1.61. The van der Waals surface area contributed by atoms with Crippen LogP contribution in [0.1, 0.15) is 18.9 Å². The Hall–Kier alpha value is -2.38. The van der Waals surface area contributed by atoms with E-state index in [2.05, 4.69) is 22.2 Å². The minimum Gasteiger partial charge on any atom is -0.471 e. The molecule has 1 aromatic carbocycles. The van der Waals surface area contributed by atoms with Crippen LogP contribution in [0, 0.1) is 0 Å². The number of benzene rings is 1. The van der Waals surface area contributed by atoms with E-state index in [1.54, 1.807) is 0 Å². The van der Waals surface area contributed by atoms with Crippen LogP contribution in [-0.2, 0) is 11.2 Å². The van der Waals surface area contributed by atoms with Crippen LogP contribution >= 0.6 is 0 Å². The van der Waals surface area contributed by atoms with Crippen molar-refractivity contribution in [1.29, 1.82) is 0 Å². The molecule has 0 aliphatic carbocycles. The van der Waals surface area contributed by atoms with E-state index in [4.69, 9.17) is 14.6 Å². The Morgan fingerprint density at radius 2 is 2.12 bits per heavy atom. The van der Waals surface area contributed by atoms with Gasteiger partial charge in [0.15, 0.2) is 0 Å². The van der Waals surface area contributed by atoms with E-state index in [9.17, 15) is 0 Å². The third-order valence-corrected chi connectivity index (χ3v) is 4.32. The molecule has 1 aliphatic heterocycles. The zero-order chi connectivity index (χ0) is 18.4. The van der Waals surface area contributed by atoms with E-state index in [0.717, 1.165) is 29.9 Å². The summed E-state index contributed by atoms with van der Waals surface area (Å²) in [5.74, 6) is 1.82. The Kier molecular flexibility index (Phi) is 6.25. The first-order valence-corrected chi connectivity index (χ1v) is 9.01. The maximum absolute atomic E-state index is 9.11. The van der Waals surface area contributed by atoms with Crippen LogP contribution in [0.15, 0.2) is 30.3 Å². The quantitative estimate of drug-likeness (QED) is 0.750. The number of aliphatic hydroxyl groups excluding tert-OH is 1. The second-order valence-electron chi connectivity index (χ2n) is 6.16. The highest BCUT2D eigenvalue weighted by Gasteiger charge is 2.23. The Morgan fingerprint density at radius 1 is 1.31 bits per heavy atom. The fourth-order valence-electron chi connectivity index (χ4n) is 2.92. The zero-order valence-electron chi connectivity index (χ0n) is 15.3. The summed E-state index contributed by atoms with van der Waals surface area (Å²) >= 11 is 0. The van der Waals surface area contributed by atoms with E-state index in [-0.39, 0.29) is 12.7 Å². The van der Waals surface area contributed by atoms with Gasteiger partial charge in [0.05, 0.1) is 25.4 Å². The van der Waals surface area contributed by atoms with Gasteiger partial charge in [-0.3, -0.25) is 0 Å². The molecule has 2 N–H and O–H groups in total. The summed E-state index contributed by atoms with van der Waals surface area (Å²) in [5.41, 5.74) is 1.99. The standard InChI is InChI=1S/C19H26N4O3/c1-3-16-17(23(2)14-7-5-4-6-8-14)21-19(20-10-11-24)22-18(16)26-15-9-12-25-13-15/h4-8,15,24H,3,9-13H2,1-2H3,(H,20,21,22). The van der Waals surface area contributed by atoms with Crippen molar-refractivity contribution in [2.24, 2.45) is 0 Å². The van der Waals surface area contributed by atoms with E-state index in [1.807, 2.05) is 42.3 Å². The maximum atomic E-state index is 9.11. The summed E-state index contributed by atoms with van der Waals surface area (Å²) in [5, 5.41) is 12.2. The zero-order valence-corrected chi connectivity index (χ0v) is 15.3. The molecular formula is C19H26N4O3. The molecule has 0 bridgehead atoms. The molecule has 1 fully saturated rings. The molecule has 26 heavy (non-hydrogen) atoms. The van der Waals surface area contributed by atoms with Gasteiger partial charge >= 0.3 is 0 Å².